The molecule has 10 heteroatoms. The van der Waals surface area contributed by atoms with Crippen LogP contribution in [0.15, 0.2) is 67.1 Å². The maximum atomic E-state index is 13.8. The Morgan fingerprint density at radius 2 is 1.94 bits per heavy atom. The quantitative estimate of drug-likeness (QED) is 0.420. The lowest BCUT2D eigenvalue weighted by Gasteiger charge is -2.17. The molecule has 2 atom stereocenters. The first kappa shape index (κ1) is 20.4. The van der Waals surface area contributed by atoms with Crippen LogP contribution in [-0.2, 0) is 7.05 Å². The summed E-state index contributed by atoms with van der Waals surface area (Å²) in [5, 5.41) is 19.7. The van der Waals surface area contributed by atoms with Crippen LogP contribution in [-0.4, -0.2) is 47.4 Å². The lowest BCUT2D eigenvalue weighted by atomic mass is 9.88. The van der Waals surface area contributed by atoms with E-state index in [0.717, 1.165) is 47.2 Å². The van der Waals surface area contributed by atoms with E-state index < -0.39 is 0 Å². The van der Waals surface area contributed by atoms with Gasteiger partial charge in [0.1, 0.15) is 17.5 Å². The third kappa shape index (κ3) is 3.67. The van der Waals surface area contributed by atoms with Gasteiger partial charge in [0.15, 0.2) is 5.65 Å². The smallest absolute Gasteiger partial charge is 0.228 e. The van der Waals surface area contributed by atoms with Crippen LogP contribution in [0.3, 0.4) is 0 Å². The fourth-order valence-corrected chi connectivity index (χ4v) is 4.55. The number of nitrogens with one attached hydrogen (secondary N) is 2. The van der Waals surface area contributed by atoms with Crippen molar-refractivity contribution in [3.8, 4) is 11.3 Å². The predicted molar refractivity (Wildman–Crippen MR) is 125 cm³/mol. The van der Waals surface area contributed by atoms with Crippen molar-refractivity contribution in [2.45, 2.75) is 11.8 Å². The third-order valence-electron chi connectivity index (χ3n) is 6.27. The molecule has 2 N–H and O–H groups in total. The third-order valence-corrected chi connectivity index (χ3v) is 6.27. The van der Waals surface area contributed by atoms with Crippen molar-refractivity contribution in [2.75, 3.05) is 18.4 Å². The van der Waals surface area contributed by atoms with Gasteiger partial charge >= 0.3 is 0 Å². The van der Waals surface area contributed by atoms with Gasteiger partial charge in [-0.05, 0) is 35.9 Å². The molecule has 1 aliphatic rings. The van der Waals surface area contributed by atoms with Crippen LogP contribution in [0.25, 0.3) is 16.9 Å². The number of anilines is 2. The molecular weight excluding hydrogens is 433 g/mol. The molecule has 0 amide bonds. The molecule has 0 radical (unpaired) electrons. The van der Waals surface area contributed by atoms with E-state index in [1.54, 1.807) is 29.2 Å². The fourth-order valence-electron chi connectivity index (χ4n) is 4.55. The number of fused-ring (bicyclic) bond motifs is 1. The number of aryl methyl sites for hydroxylation is 1. The molecule has 0 spiro atoms. The fraction of sp³-hybridized carbons (Fsp3) is 0.208. The van der Waals surface area contributed by atoms with Gasteiger partial charge in [-0.2, -0.15) is 5.10 Å². The molecule has 1 aromatic carbocycles. The van der Waals surface area contributed by atoms with Crippen molar-refractivity contribution in [1.29, 1.82) is 0 Å². The summed E-state index contributed by atoms with van der Waals surface area (Å²) in [4.78, 5) is 8.96. The summed E-state index contributed by atoms with van der Waals surface area (Å²) in [6.07, 6.45) is 5.40. The van der Waals surface area contributed by atoms with Crippen molar-refractivity contribution < 1.29 is 4.39 Å². The number of pyridine rings is 1. The van der Waals surface area contributed by atoms with E-state index in [-0.39, 0.29) is 17.7 Å². The highest BCUT2D eigenvalue weighted by atomic mass is 19.1. The summed E-state index contributed by atoms with van der Waals surface area (Å²) in [7, 11) is 1.85. The van der Waals surface area contributed by atoms with Crippen molar-refractivity contribution in [3.05, 3.63) is 84.3 Å². The Morgan fingerprint density at radius 1 is 1.03 bits per heavy atom. The molecule has 0 bridgehead atoms. The highest BCUT2D eigenvalue weighted by molar-refractivity contribution is 5.65. The molecule has 170 valence electrons. The average molecular weight is 456 g/mol. The Labute approximate surface area is 194 Å². The van der Waals surface area contributed by atoms with Gasteiger partial charge in [0.2, 0.25) is 5.95 Å². The molecule has 0 saturated carbocycles. The van der Waals surface area contributed by atoms with Crippen molar-refractivity contribution in [3.63, 3.8) is 0 Å². The number of benzene rings is 1. The molecule has 5 aromatic rings. The van der Waals surface area contributed by atoms with Crippen molar-refractivity contribution >= 4 is 17.4 Å². The Kier molecular flexibility index (Phi) is 4.99. The summed E-state index contributed by atoms with van der Waals surface area (Å²) >= 11 is 0. The van der Waals surface area contributed by atoms with E-state index >= 15 is 0 Å². The van der Waals surface area contributed by atoms with Crippen LogP contribution in [0.4, 0.5) is 16.2 Å². The summed E-state index contributed by atoms with van der Waals surface area (Å²) in [5.74, 6) is 2.15. The second-order valence-electron chi connectivity index (χ2n) is 8.36. The van der Waals surface area contributed by atoms with Crippen LogP contribution in [0.5, 0.6) is 0 Å². The minimum absolute atomic E-state index is 0.0939. The zero-order valence-corrected chi connectivity index (χ0v) is 18.4. The van der Waals surface area contributed by atoms with E-state index in [1.807, 2.05) is 48.0 Å². The predicted octanol–water partition coefficient (Wildman–Crippen LogP) is 3.27. The lowest BCUT2D eigenvalue weighted by Crippen LogP contribution is -2.13. The van der Waals surface area contributed by atoms with E-state index in [2.05, 4.69) is 35.9 Å². The van der Waals surface area contributed by atoms with Gasteiger partial charge in [-0.15, -0.1) is 10.2 Å². The van der Waals surface area contributed by atoms with Crippen LogP contribution in [0.1, 0.15) is 23.2 Å². The molecule has 2 unspecified atom stereocenters. The van der Waals surface area contributed by atoms with Crippen molar-refractivity contribution in [1.82, 2.24) is 39.7 Å². The van der Waals surface area contributed by atoms with Gasteiger partial charge in [0.25, 0.3) is 0 Å². The summed E-state index contributed by atoms with van der Waals surface area (Å²) in [6.45, 7) is 1.53. The molecule has 6 rings (SSSR count). The number of aromatic nitrogens is 7. The van der Waals surface area contributed by atoms with Gasteiger partial charge in [-0.25, -0.2) is 14.4 Å². The molecule has 34 heavy (non-hydrogen) atoms. The minimum Gasteiger partial charge on any atom is -0.315 e. The van der Waals surface area contributed by atoms with Crippen LogP contribution in [0, 0.1) is 5.82 Å². The standard InChI is InChI=1S/C24H22FN9/c1-33-21(6-9-28-33)30-24-27-8-5-20(29-24)16-7-10-34-22(12-16)31-32-23(34)19-14-26-13-18(19)15-3-2-4-17(25)11-15/h2-12,18-19,26H,13-14H2,1H3,(H,27,29,30). The number of rotatable bonds is 5. The van der Waals surface area contributed by atoms with Crippen LogP contribution in [0.2, 0.25) is 0 Å². The minimum atomic E-state index is -0.221. The number of nitrogens with zero attached hydrogens (tertiary/aromatic N) is 7. The number of halogens is 1. The summed E-state index contributed by atoms with van der Waals surface area (Å²) in [5.41, 5.74) is 3.38. The summed E-state index contributed by atoms with van der Waals surface area (Å²) < 4.78 is 17.6. The lowest BCUT2D eigenvalue weighted by molar-refractivity contribution is 0.598. The SMILES string of the molecule is Cn1nccc1Nc1nccc(-c2ccn3c(C4CNCC4c4cccc(F)c4)nnc3c2)n1. The Balaban J connectivity index is 1.30. The van der Waals surface area contributed by atoms with E-state index in [1.165, 1.54) is 6.07 Å². The highest BCUT2D eigenvalue weighted by Gasteiger charge is 2.33. The number of hydrogen-bond donors (Lipinski definition) is 2. The van der Waals surface area contributed by atoms with Gasteiger partial charge in [0, 0.05) is 56.0 Å². The molecular formula is C24H22FN9. The van der Waals surface area contributed by atoms with Gasteiger partial charge in [-0.3, -0.25) is 9.08 Å². The van der Waals surface area contributed by atoms with Gasteiger partial charge < -0.3 is 10.6 Å². The van der Waals surface area contributed by atoms with Crippen LogP contribution < -0.4 is 10.6 Å². The largest absolute Gasteiger partial charge is 0.315 e. The topological polar surface area (TPSA) is 97.9 Å². The van der Waals surface area contributed by atoms with E-state index in [4.69, 9.17) is 0 Å². The molecule has 4 aromatic heterocycles. The Hall–Kier alpha value is -4.18. The van der Waals surface area contributed by atoms with Gasteiger partial charge in [-0.1, -0.05) is 12.1 Å². The zero-order chi connectivity index (χ0) is 23.1. The second kappa shape index (κ2) is 8.31. The van der Waals surface area contributed by atoms with E-state index in [9.17, 15) is 4.39 Å². The monoisotopic (exact) mass is 455 g/mol. The Morgan fingerprint density at radius 3 is 2.79 bits per heavy atom. The molecule has 1 saturated heterocycles. The van der Waals surface area contributed by atoms with Crippen LogP contribution >= 0.6 is 0 Å². The maximum absolute atomic E-state index is 13.8. The first-order valence-electron chi connectivity index (χ1n) is 11.0. The summed E-state index contributed by atoms with van der Waals surface area (Å²) in [6, 6.07) is 14.5. The second-order valence-corrected chi connectivity index (χ2v) is 8.36. The maximum Gasteiger partial charge on any atom is 0.228 e. The highest BCUT2D eigenvalue weighted by Crippen LogP contribution is 2.35. The molecule has 0 aliphatic carbocycles. The molecule has 9 nitrogen and oxygen atoms in total. The first-order valence-corrected chi connectivity index (χ1v) is 11.0. The molecule has 1 fully saturated rings. The van der Waals surface area contributed by atoms with E-state index in [0.29, 0.717) is 5.95 Å². The normalized spacial score (nSPS) is 17.9. The molecule has 5 heterocycles. The van der Waals surface area contributed by atoms with Crippen molar-refractivity contribution in [2.24, 2.45) is 7.05 Å². The Bertz CT molecular complexity index is 1470. The average Bonchev–Trinajstić information content (AvgIpc) is 3.59. The zero-order valence-electron chi connectivity index (χ0n) is 18.4. The van der Waals surface area contributed by atoms with Gasteiger partial charge in [0.05, 0.1) is 11.9 Å². The first-order chi connectivity index (χ1) is 16.7. The number of hydrogen-bond acceptors (Lipinski definition) is 7. The molecule has 1 aliphatic heterocycles.